The van der Waals surface area contributed by atoms with Crippen LogP contribution in [0, 0.1) is 0 Å². The highest BCUT2D eigenvalue weighted by Crippen LogP contribution is 2.26. The molecule has 2 aromatic rings. The smallest absolute Gasteiger partial charge is 0.128 e. The fourth-order valence-electron chi connectivity index (χ4n) is 2.56. The lowest BCUT2D eigenvalue weighted by Gasteiger charge is -2.25. The van der Waals surface area contributed by atoms with Crippen LogP contribution in [0.5, 0.6) is 0 Å². The highest BCUT2D eigenvalue weighted by atomic mass is 15.2. The van der Waals surface area contributed by atoms with E-state index in [-0.39, 0.29) is 7.43 Å². The molecule has 0 spiro atoms. The van der Waals surface area contributed by atoms with Gasteiger partial charge in [-0.3, -0.25) is 0 Å². The van der Waals surface area contributed by atoms with Crippen LogP contribution in [0.1, 0.15) is 18.6 Å². The van der Waals surface area contributed by atoms with Gasteiger partial charge in [-0.2, -0.15) is 0 Å². The second-order valence-electron chi connectivity index (χ2n) is 4.63. The van der Waals surface area contributed by atoms with E-state index in [9.17, 15) is 0 Å². The van der Waals surface area contributed by atoms with E-state index in [0.29, 0.717) is 6.04 Å². The summed E-state index contributed by atoms with van der Waals surface area (Å²) in [7, 11) is 2.14. The van der Waals surface area contributed by atoms with Crippen molar-refractivity contribution in [2.75, 3.05) is 11.9 Å². The van der Waals surface area contributed by atoms with Crippen molar-refractivity contribution in [3.8, 4) is 0 Å². The minimum atomic E-state index is 0. The molecule has 0 saturated heterocycles. The molecule has 0 fully saturated rings. The molecule has 0 bridgehead atoms. The Labute approximate surface area is 109 Å². The standard InChI is InChI=1S/C15H16N2.CH4/c1-17(15-8-4-5-9-16-15)14-10-12-6-2-3-7-13(12)11-14;/h2-9,14H,10-11H2,1H3;1H4. The van der Waals surface area contributed by atoms with Crippen molar-refractivity contribution < 1.29 is 0 Å². The highest BCUT2D eigenvalue weighted by Gasteiger charge is 2.24. The lowest BCUT2D eigenvalue weighted by atomic mass is 10.1. The number of anilines is 1. The van der Waals surface area contributed by atoms with Crippen molar-refractivity contribution in [2.45, 2.75) is 26.3 Å². The van der Waals surface area contributed by atoms with Gasteiger partial charge < -0.3 is 4.90 Å². The Hall–Kier alpha value is -1.83. The topological polar surface area (TPSA) is 16.1 Å². The van der Waals surface area contributed by atoms with Crippen LogP contribution in [0.25, 0.3) is 0 Å². The van der Waals surface area contributed by atoms with Crippen molar-refractivity contribution in [1.29, 1.82) is 0 Å². The van der Waals surface area contributed by atoms with E-state index >= 15 is 0 Å². The van der Waals surface area contributed by atoms with Crippen LogP contribution < -0.4 is 4.90 Å². The van der Waals surface area contributed by atoms with Gasteiger partial charge in [0.15, 0.2) is 0 Å². The molecule has 0 atom stereocenters. The molecule has 1 aliphatic rings. The maximum Gasteiger partial charge on any atom is 0.128 e. The van der Waals surface area contributed by atoms with Gasteiger partial charge in [-0.25, -0.2) is 4.98 Å². The van der Waals surface area contributed by atoms with E-state index in [1.54, 1.807) is 0 Å². The van der Waals surface area contributed by atoms with Crippen LogP contribution in [0.3, 0.4) is 0 Å². The van der Waals surface area contributed by atoms with Gasteiger partial charge in [0, 0.05) is 19.3 Å². The summed E-state index contributed by atoms with van der Waals surface area (Å²) in [6.07, 6.45) is 4.11. The molecule has 94 valence electrons. The third kappa shape index (κ3) is 2.23. The number of aromatic nitrogens is 1. The average molecular weight is 240 g/mol. The van der Waals surface area contributed by atoms with E-state index in [0.717, 1.165) is 18.7 Å². The lowest BCUT2D eigenvalue weighted by molar-refractivity contribution is 0.659. The van der Waals surface area contributed by atoms with Crippen LogP contribution in [0.2, 0.25) is 0 Å². The van der Waals surface area contributed by atoms with E-state index in [4.69, 9.17) is 0 Å². The molecule has 18 heavy (non-hydrogen) atoms. The number of pyridine rings is 1. The predicted octanol–water partition coefficient (Wildman–Crippen LogP) is 3.32. The Bertz CT molecular complexity index is 483. The van der Waals surface area contributed by atoms with Crippen LogP contribution in [0.15, 0.2) is 48.7 Å². The van der Waals surface area contributed by atoms with Gasteiger partial charge in [-0.1, -0.05) is 37.8 Å². The summed E-state index contributed by atoms with van der Waals surface area (Å²) in [6.45, 7) is 0. The van der Waals surface area contributed by atoms with Crippen molar-refractivity contribution in [3.63, 3.8) is 0 Å². The molecule has 1 aromatic heterocycles. The first kappa shape index (κ1) is 12.6. The van der Waals surface area contributed by atoms with Gasteiger partial charge in [0.1, 0.15) is 5.82 Å². The molecular weight excluding hydrogens is 220 g/mol. The lowest BCUT2D eigenvalue weighted by Crippen LogP contribution is -2.32. The first-order valence-corrected chi connectivity index (χ1v) is 6.05. The van der Waals surface area contributed by atoms with Crippen LogP contribution >= 0.6 is 0 Å². The molecule has 0 aliphatic heterocycles. The Balaban J connectivity index is 0.00000120. The Kier molecular flexibility index (Phi) is 3.66. The Morgan fingerprint density at radius 1 is 1.00 bits per heavy atom. The molecule has 1 aromatic carbocycles. The fraction of sp³-hybridized carbons (Fsp3) is 0.312. The SMILES string of the molecule is C.CN(c1ccccn1)C1Cc2ccccc2C1. The molecule has 0 N–H and O–H groups in total. The minimum absolute atomic E-state index is 0. The molecule has 2 nitrogen and oxygen atoms in total. The zero-order valence-corrected chi connectivity index (χ0v) is 10.0. The van der Waals surface area contributed by atoms with Crippen molar-refractivity contribution in [2.24, 2.45) is 0 Å². The zero-order valence-electron chi connectivity index (χ0n) is 10.0. The normalized spacial score (nSPS) is 13.8. The van der Waals surface area contributed by atoms with Crippen molar-refractivity contribution in [1.82, 2.24) is 4.98 Å². The van der Waals surface area contributed by atoms with Crippen molar-refractivity contribution >= 4 is 5.82 Å². The summed E-state index contributed by atoms with van der Waals surface area (Å²) >= 11 is 0. The van der Waals surface area contributed by atoms with E-state index in [1.807, 2.05) is 18.3 Å². The summed E-state index contributed by atoms with van der Waals surface area (Å²) in [5.41, 5.74) is 2.97. The second-order valence-corrected chi connectivity index (χ2v) is 4.63. The average Bonchev–Trinajstić information content (AvgIpc) is 2.82. The Morgan fingerprint density at radius 3 is 2.17 bits per heavy atom. The molecule has 0 saturated carbocycles. The monoisotopic (exact) mass is 240 g/mol. The van der Waals surface area contributed by atoms with Gasteiger partial charge >= 0.3 is 0 Å². The summed E-state index contributed by atoms with van der Waals surface area (Å²) in [6, 6.07) is 15.3. The van der Waals surface area contributed by atoms with Crippen LogP contribution in [-0.2, 0) is 12.8 Å². The second kappa shape index (κ2) is 5.21. The third-order valence-corrected chi connectivity index (χ3v) is 3.59. The molecule has 0 radical (unpaired) electrons. The summed E-state index contributed by atoms with van der Waals surface area (Å²) in [5, 5.41) is 0. The largest absolute Gasteiger partial charge is 0.356 e. The van der Waals surface area contributed by atoms with Gasteiger partial charge in [-0.15, -0.1) is 0 Å². The highest BCUT2D eigenvalue weighted by molar-refractivity contribution is 5.43. The maximum absolute atomic E-state index is 4.41. The number of rotatable bonds is 2. The van der Waals surface area contributed by atoms with Gasteiger partial charge in [0.05, 0.1) is 0 Å². The van der Waals surface area contributed by atoms with Crippen LogP contribution in [0.4, 0.5) is 5.82 Å². The summed E-state index contributed by atoms with van der Waals surface area (Å²) in [4.78, 5) is 6.70. The molecule has 3 rings (SSSR count). The molecular formula is C16H20N2. The molecule has 0 unspecified atom stereocenters. The number of fused-ring (bicyclic) bond motifs is 1. The number of likely N-dealkylation sites (N-methyl/N-ethyl adjacent to an activating group) is 1. The fourth-order valence-corrected chi connectivity index (χ4v) is 2.56. The predicted molar refractivity (Wildman–Crippen MR) is 77.0 cm³/mol. The number of nitrogens with zero attached hydrogens (tertiary/aromatic N) is 2. The van der Waals surface area contributed by atoms with E-state index in [2.05, 4.69) is 47.3 Å². The van der Waals surface area contributed by atoms with Gasteiger partial charge in [-0.05, 0) is 36.1 Å². The first-order valence-electron chi connectivity index (χ1n) is 6.05. The number of hydrogen-bond donors (Lipinski definition) is 0. The summed E-state index contributed by atoms with van der Waals surface area (Å²) in [5.74, 6) is 1.06. The maximum atomic E-state index is 4.41. The third-order valence-electron chi connectivity index (χ3n) is 3.59. The molecule has 2 heteroatoms. The zero-order chi connectivity index (χ0) is 11.7. The molecule has 0 amide bonds. The number of benzene rings is 1. The van der Waals surface area contributed by atoms with Crippen LogP contribution in [-0.4, -0.2) is 18.1 Å². The van der Waals surface area contributed by atoms with Crippen molar-refractivity contribution in [3.05, 3.63) is 59.8 Å². The van der Waals surface area contributed by atoms with E-state index < -0.39 is 0 Å². The molecule has 1 aliphatic carbocycles. The van der Waals surface area contributed by atoms with Gasteiger partial charge in [0.2, 0.25) is 0 Å². The Morgan fingerprint density at radius 2 is 1.61 bits per heavy atom. The van der Waals surface area contributed by atoms with Gasteiger partial charge in [0.25, 0.3) is 0 Å². The quantitative estimate of drug-likeness (QED) is 0.800. The number of hydrogen-bond acceptors (Lipinski definition) is 2. The minimum Gasteiger partial charge on any atom is -0.356 e. The molecule has 1 heterocycles. The first-order chi connectivity index (χ1) is 8.34. The van der Waals surface area contributed by atoms with E-state index in [1.165, 1.54) is 11.1 Å². The summed E-state index contributed by atoms with van der Waals surface area (Å²) < 4.78 is 0.